The van der Waals surface area contributed by atoms with Crippen molar-refractivity contribution >= 4 is 18.4 Å². The Balaban J connectivity index is 1.93. The van der Waals surface area contributed by atoms with Crippen molar-refractivity contribution in [3.63, 3.8) is 0 Å². The van der Waals surface area contributed by atoms with Crippen LogP contribution in [0.2, 0.25) is 6.04 Å². The molecule has 2 aliphatic carbocycles. The Morgan fingerprint density at radius 2 is 1.10 bits per heavy atom. The fourth-order valence-corrected chi connectivity index (χ4v) is 36.1. The molecule has 0 amide bonds. The van der Waals surface area contributed by atoms with Gasteiger partial charge in [-0.3, -0.25) is 0 Å². The molecule has 0 radical (unpaired) electrons. The molecule has 0 N–H and O–H groups in total. The van der Waals surface area contributed by atoms with Gasteiger partial charge < -0.3 is 0 Å². The summed E-state index contributed by atoms with van der Waals surface area (Å²) in [6.45, 7) is 16.6. The molecular weight excluding hydrogens is 531 g/mol. The van der Waals surface area contributed by atoms with Crippen LogP contribution < -0.4 is 0 Å². The van der Waals surface area contributed by atoms with E-state index in [1.165, 1.54) is 34.7 Å². The molecule has 0 heterocycles. The van der Waals surface area contributed by atoms with E-state index in [0.717, 1.165) is 7.35 Å². The number of benzene rings is 2. The predicted molar refractivity (Wildman–Crippen MR) is 127 cm³/mol. The molecule has 2 aromatic carbocycles. The second-order valence-corrected chi connectivity index (χ2v) is 27.8. The quantitative estimate of drug-likeness (QED) is 0.341. The van der Waals surface area contributed by atoms with Gasteiger partial charge in [0.2, 0.25) is 0 Å². The SMILES string of the molecule is CCC[SiH]=[Hf]([CH]1C(C)=Cc2c(C)ccc(C)c21)[CH]1C(C)=Cc2c(C)ccc(C)c21. The number of aryl methyl sites for hydroxylation is 4. The van der Waals surface area contributed by atoms with Crippen molar-refractivity contribution in [1.82, 2.24) is 0 Å². The third-order valence-corrected chi connectivity index (χ3v) is 32.1. The Labute approximate surface area is 185 Å². The van der Waals surface area contributed by atoms with Crippen LogP contribution >= 0.6 is 0 Å². The maximum absolute atomic E-state index is 2.55. The van der Waals surface area contributed by atoms with Gasteiger partial charge in [0.05, 0.1) is 0 Å². The molecule has 0 saturated heterocycles. The summed E-state index contributed by atoms with van der Waals surface area (Å²) in [4.78, 5) is 0. The third-order valence-electron chi connectivity index (χ3n) is 7.01. The van der Waals surface area contributed by atoms with Gasteiger partial charge in [-0.05, 0) is 0 Å². The van der Waals surface area contributed by atoms with Gasteiger partial charge in [-0.25, -0.2) is 0 Å². The van der Waals surface area contributed by atoms with E-state index in [0.29, 0.717) is 6.22 Å². The minimum atomic E-state index is -2.06. The zero-order valence-electron chi connectivity index (χ0n) is 19.1. The van der Waals surface area contributed by atoms with E-state index in [2.05, 4.69) is 84.9 Å². The van der Waals surface area contributed by atoms with Gasteiger partial charge in [0, 0.05) is 0 Å². The molecule has 0 nitrogen and oxygen atoms in total. The van der Waals surface area contributed by atoms with Crippen LogP contribution in [0.3, 0.4) is 0 Å². The molecule has 0 bridgehead atoms. The van der Waals surface area contributed by atoms with Crippen molar-refractivity contribution in [3.05, 3.63) is 79.9 Å². The first-order valence-corrected chi connectivity index (χ1v) is 22.9. The molecule has 2 unspecified atom stereocenters. The molecule has 2 heteroatoms. The van der Waals surface area contributed by atoms with Crippen molar-refractivity contribution in [3.8, 4) is 0 Å². The molecule has 0 fully saturated rings. The van der Waals surface area contributed by atoms with Crippen molar-refractivity contribution in [2.24, 2.45) is 0 Å². The van der Waals surface area contributed by atoms with E-state index in [9.17, 15) is 0 Å². The summed E-state index contributed by atoms with van der Waals surface area (Å²) in [5, 5.41) is 0. The van der Waals surface area contributed by atoms with Crippen LogP contribution in [0.15, 0.2) is 35.4 Å². The van der Waals surface area contributed by atoms with Gasteiger partial charge >= 0.3 is 187 Å². The second kappa shape index (κ2) is 8.27. The topological polar surface area (TPSA) is 0 Å². The number of rotatable bonds is 4. The van der Waals surface area contributed by atoms with Crippen molar-refractivity contribution in [2.45, 2.75) is 68.3 Å². The summed E-state index contributed by atoms with van der Waals surface area (Å²) in [6.07, 6.45) is 7.06. The number of fused-ring (bicyclic) bond motifs is 2. The molecule has 2 aliphatic rings. The first-order valence-electron chi connectivity index (χ1n) is 11.1. The van der Waals surface area contributed by atoms with Gasteiger partial charge in [-0.1, -0.05) is 0 Å². The Hall–Kier alpha value is -0.993. The number of hydrogen-bond donors (Lipinski definition) is 0. The first kappa shape index (κ1) is 21.2. The second-order valence-electron chi connectivity index (χ2n) is 9.19. The monoisotopic (exact) mass is 566 g/mol. The summed E-state index contributed by atoms with van der Waals surface area (Å²) in [5.74, 6) is 0. The van der Waals surface area contributed by atoms with Gasteiger partial charge in [-0.15, -0.1) is 0 Å². The van der Waals surface area contributed by atoms with Gasteiger partial charge in [0.1, 0.15) is 0 Å². The summed E-state index contributed by atoms with van der Waals surface area (Å²) < 4.78 is 1.58. The van der Waals surface area contributed by atoms with Crippen molar-refractivity contribution in [1.29, 1.82) is 0 Å². The molecule has 4 rings (SSSR count). The van der Waals surface area contributed by atoms with E-state index in [1.54, 1.807) is 33.4 Å². The van der Waals surface area contributed by atoms with Crippen molar-refractivity contribution < 1.29 is 20.1 Å². The van der Waals surface area contributed by atoms with Crippen LogP contribution in [0.4, 0.5) is 0 Å². The fraction of sp³-hybridized carbons (Fsp3) is 0.407. The molecule has 150 valence electrons. The summed E-state index contributed by atoms with van der Waals surface area (Å²) in [7, 11) is 0. The summed E-state index contributed by atoms with van der Waals surface area (Å²) >= 11 is -2.06. The minimum absolute atomic E-state index is 0.602. The number of allylic oxidation sites excluding steroid dienone is 2. The van der Waals surface area contributed by atoms with Crippen LogP contribution in [0, 0.1) is 27.7 Å². The van der Waals surface area contributed by atoms with Crippen LogP contribution in [-0.4, -0.2) is 6.22 Å². The Kier molecular flexibility index (Phi) is 6.06. The van der Waals surface area contributed by atoms with Gasteiger partial charge in [0.15, 0.2) is 0 Å². The normalized spacial score (nSPS) is 19.6. The average molecular weight is 565 g/mol. The van der Waals surface area contributed by atoms with Crippen LogP contribution in [0.25, 0.3) is 12.2 Å². The van der Waals surface area contributed by atoms with Gasteiger partial charge in [0.25, 0.3) is 0 Å². The average Bonchev–Trinajstić information content (AvgIpc) is 3.22. The molecule has 2 aromatic rings. The summed E-state index contributed by atoms with van der Waals surface area (Å²) in [5.41, 5.74) is 15.9. The zero-order chi connectivity index (χ0) is 20.9. The van der Waals surface area contributed by atoms with E-state index in [1.807, 2.05) is 0 Å². The molecular formula is C27H34HfSi. The van der Waals surface area contributed by atoms with E-state index in [-0.39, 0.29) is 0 Å². The molecule has 29 heavy (non-hydrogen) atoms. The molecule has 2 atom stereocenters. The summed E-state index contributed by atoms with van der Waals surface area (Å²) in [6, 6.07) is 10.9. The third kappa shape index (κ3) is 3.55. The van der Waals surface area contributed by atoms with Crippen LogP contribution in [0.5, 0.6) is 0 Å². The molecule has 0 saturated carbocycles. The van der Waals surface area contributed by atoms with E-state index >= 15 is 0 Å². The van der Waals surface area contributed by atoms with Crippen LogP contribution in [-0.2, 0) is 20.1 Å². The standard InChI is InChI=1S/2C12H13.C3H8Si.Hf/c2*1-8-6-11-9(2)4-5-10(3)12(11)7-8;1-2-3-4;/h2*4-7H,1-3H3;4H,2-3H2,1H3;. The molecule has 0 aliphatic heterocycles. The van der Waals surface area contributed by atoms with Crippen LogP contribution in [0.1, 0.15) is 79.0 Å². The molecule has 0 spiro atoms. The Morgan fingerprint density at radius 3 is 1.52 bits per heavy atom. The van der Waals surface area contributed by atoms with Gasteiger partial charge in [-0.2, -0.15) is 0 Å². The molecule has 0 aromatic heterocycles. The fourth-order valence-electron chi connectivity index (χ4n) is 5.51. The van der Waals surface area contributed by atoms with Crippen molar-refractivity contribution in [2.75, 3.05) is 0 Å². The zero-order valence-corrected chi connectivity index (χ0v) is 23.9. The Morgan fingerprint density at radius 1 is 0.690 bits per heavy atom. The van der Waals surface area contributed by atoms with E-state index < -0.39 is 20.1 Å². The maximum atomic E-state index is 2.55. The Bertz CT molecular complexity index is 1000. The first-order chi connectivity index (χ1) is 13.8. The predicted octanol–water partition coefficient (Wildman–Crippen LogP) is 7.33. The number of hydrogen-bond acceptors (Lipinski definition) is 0. The van der Waals surface area contributed by atoms with E-state index in [4.69, 9.17) is 0 Å².